The van der Waals surface area contributed by atoms with E-state index in [1.807, 2.05) is 18.7 Å². The van der Waals surface area contributed by atoms with Crippen LogP contribution in [0.25, 0.3) is 0 Å². The molecule has 4 aliphatic rings. The third kappa shape index (κ3) is 2.93. The van der Waals surface area contributed by atoms with Gasteiger partial charge in [0, 0.05) is 18.5 Å². The van der Waals surface area contributed by atoms with E-state index in [4.69, 9.17) is 4.74 Å². The van der Waals surface area contributed by atoms with E-state index in [9.17, 15) is 13.6 Å². The highest BCUT2D eigenvalue weighted by Crippen LogP contribution is 2.47. The number of nitrogens with zero attached hydrogens (tertiary/aromatic N) is 2. The first-order chi connectivity index (χ1) is 12.5. The lowest BCUT2D eigenvalue weighted by molar-refractivity contribution is -0.142. The van der Waals surface area contributed by atoms with E-state index in [1.165, 1.54) is 0 Å². The minimum atomic E-state index is -0.817. The van der Waals surface area contributed by atoms with E-state index in [1.54, 1.807) is 12.1 Å². The smallest absolute Gasteiger partial charge is 0.248 e. The molecule has 0 unspecified atom stereocenters. The number of carbonyl (C=O) groups is 1. The second-order valence-electron chi connectivity index (χ2n) is 8.01. The summed E-state index contributed by atoms with van der Waals surface area (Å²) in [7, 11) is 0. The number of hydrogen-bond acceptors (Lipinski definition) is 3. The number of halogens is 2. The van der Waals surface area contributed by atoms with E-state index in [-0.39, 0.29) is 36.6 Å². The van der Waals surface area contributed by atoms with Gasteiger partial charge in [0.15, 0.2) is 11.6 Å². The summed E-state index contributed by atoms with van der Waals surface area (Å²) in [6, 6.07) is 4.53. The van der Waals surface area contributed by atoms with Crippen molar-refractivity contribution in [3.05, 3.63) is 35.4 Å². The molecule has 0 N–H and O–H groups in total. The molecular weight excluding hydrogens is 338 g/mol. The van der Waals surface area contributed by atoms with Crippen LogP contribution < -0.4 is 0 Å². The quantitative estimate of drug-likeness (QED) is 0.824. The molecule has 26 heavy (non-hydrogen) atoms. The van der Waals surface area contributed by atoms with Crippen molar-refractivity contribution in [3.8, 4) is 0 Å². The molecule has 0 spiro atoms. The van der Waals surface area contributed by atoms with Gasteiger partial charge in [0.2, 0.25) is 5.91 Å². The summed E-state index contributed by atoms with van der Waals surface area (Å²) in [5.41, 5.74) is 0.396. The Morgan fingerprint density at radius 3 is 2.65 bits per heavy atom. The number of ether oxygens (including phenoxy) is 1. The first kappa shape index (κ1) is 17.9. The molecule has 142 valence electrons. The van der Waals surface area contributed by atoms with E-state index in [0.29, 0.717) is 18.0 Å². The summed E-state index contributed by atoms with van der Waals surface area (Å²) in [6.45, 7) is 6.24. The third-order valence-electron chi connectivity index (χ3n) is 6.24. The summed E-state index contributed by atoms with van der Waals surface area (Å²) >= 11 is 0. The highest BCUT2D eigenvalue weighted by molar-refractivity contribution is 5.78. The van der Waals surface area contributed by atoms with Gasteiger partial charge < -0.3 is 9.64 Å². The van der Waals surface area contributed by atoms with Crippen LogP contribution in [-0.4, -0.2) is 60.1 Å². The van der Waals surface area contributed by atoms with Crippen molar-refractivity contribution in [3.63, 3.8) is 0 Å². The number of fused-ring (bicyclic) bond motifs is 2. The lowest BCUT2D eigenvalue weighted by atomic mass is 9.75. The zero-order chi connectivity index (χ0) is 18.4. The zero-order valence-electron chi connectivity index (χ0n) is 15.3. The molecule has 4 fully saturated rings. The molecule has 4 aliphatic heterocycles. The molecule has 0 aromatic heterocycles. The highest BCUT2D eigenvalue weighted by atomic mass is 19.2. The fourth-order valence-electron chi connectivity index (χ4n) is 5.11. The predicted octanol–water partition coefficient (Wildman–Crippen LogP) is 2.78. The maximum Gasteiger partial charge on any atom is 0.248 e. The molecule has 3 atom stereocenters. The second kappa shape index (κ2) is 6.89. The maximum absolute atomic E-state index is 14.5. The molecule has 4 nitrogen and oxygen atoms in total. The Morgan fingerprint density at radius 2 is 1.96 bits per heavy atom. The summed E-state index contributed by atoms with van der Waals surface area (Å²) in [4.78, 5) is 17.1. The molecule has 0 aliphatic carbocycles. The van der Waals surface area contributed by atoms with Gasteiger partial charge in [0.1, 0.15) is 6.61 Å². The topological polar surface area (TPSA) is 32.8 Å². The highest BCUT2D eigenvalue weighted by Gasteiger charge is 2.55. The lowest BCUT2D eigenvalue weighted by Gasteiger charge is -2.51. The van der Waals surface area contributed by atoms with Gasteiger partial charge in [-0.15, -0.1) is 0 Å². The van der Waals surface area contributed by atoms with Crippen molar-refractivity contribution in [2.45, 2.75) is 50.8 Å². The fraction of sp³-hybridized carbons (Fsp3) is 0.650. The van der Waals surface area contributed by atoms with Gasteiger partial charge in [-0.25, -0.2) is 8.78 Å². The van der Waals surface area contributed by atoms with E-state index in [0.717, 1.165) is 32.0 Å². The molecule has 1 aromatic carbocycles. The Bertz CT molecular complexity index is 688. The van der Waals surface area contributed by atoms with Crippen LogP contribution in [-0.2, 0) is 9.53 Å². The van der Waals surface area contributed by atoms with E-state index >= 15 is 0 Å². The molecule has 4 heterocycles. The summed E-state index contributed by atoms with van der Waals surface area (Å²) < 4.78 is 33.9. The molecule has 1 amide bonds. The van der Waals surface area contributed by atoms with Crippen LogP contribution in [0, 0.1) is 17.6 Å². The van der Waals surface area contributed by atoms with Gasteiger partial charge in [-0.1, -0.05) is 12.1 Å². The number of hydrogen-bond donors (Lipinski definition) is 0. The molecule has 6 heteroatoms. The van der Waals surface area contributed by atoms with Gasteiger partial charge in [-0.3, -0.25) is 9.69 Å². The Kier molecular flexibility index (Phi) is 4.73. The van der Waals surface area contributed by atoms with Gasteiger partial charge in [-0.2, -0.15) is 0 Å². The van der Waals surface area contributed by atoms with Crippen molar-refractivity contribution in [2.24, 2.45) is 5.92 Å². The standard InChI is InChI=1S/C20H26F2N2O2/c1-12(2)26-11-17(25)24-10-15(14-4-3-5-16(21)18(14)22)20-19(24)13-6-8-23(20)9-7-13/h3-5,12-13,15,19-20H,6-11H2,1-2H3/t15-,19-,20-/m1/s1. The monoisotopic (exact) mass is 364 g/mol. The number of benzene rings is 1. The van der Waals surface area contributed by atoms with Crippen molar-refractivity contribution in [1.29, 1.82) is 0 Å². The molecule has 4 saturated heterocycles. The van der Waals surface area contributed by atoms with Crippen molar-refractivity contribution in [2.75, 3.05) is 26.2 Å². The van der Waals surface area contributed by atoms with E-state index in [2.05, 4.69) is 4.90 Å². The predicted molar refractivity (Wildman–Crippen MR) is 93.8 cm³/mol. The van der Waals surface area contributed by atoms with Crippen molar-refractivity contribution in [1.82, 2.24) is 9.80 Å². The number of carbonyl (C=O) groups excluding carboxylic acids is 1. The van der Waals surface area contributed by atoms with Gasteiger partial charge >= 0.3 is 0 Å². The Labute approximate surface area is 153 Å². The van der Waals surface area contributed by atoms with Gasteiger partial charge in [-0.05, 0) is 57.3 Å². The Hall–Kier alpha value is -1.53. The van der Waals surface area contributed by atoms with Gasteiger partial charge in [0.25, 0.3) is 0 Å². The summed E-state index contributed by atoms with van der Waals surface area (Å²) in [5, 5.41) is 0. The Balaban J connectivity index is 1.66. The van der Waals surface area contributed by atoms with Crippen LogP contribution in [0.3, 0.4) is 0 Å². The van der Waals surface area contributed by atoms with Crippen LogP contribution >= 0.6 is 0 Å². The third-order valence-corrected chi connectivity index (χ3v) is 6.24. The average Bonchev–Trinajstić information content (AvgIpc) is 3.05. The van der Waals surface area contributed by atoms with Gasteiger partial charge in [0.05, 0.1) is 12.1 Å². The number of rotatable bonds is 4. The molecule has 0 saturated carbocycles. The lowest BCUT2D eigenvalue weighted by Crippen LogP contribution is -2.61. The molecule has 1 aromatic rings. The van der Waals surface area contributed by atoms with Crippen LogP contribution in [0.4, 0.5) is 8.78 Å². The first-order valence-corrected chi connectivity index (χ1v) is 9.56. The first-order valence-electron chi connectivity index (χ1n) is 9.56. The fourth-order valence-corrected chi connectivity index (χ4v) is 5.11. The van der Waals surface area contributed by atoms with Crippen LogP contribution in [0.5, 0.6) is 0 Å². The van der Waals surface area contributed by atoms with Crippen LogP contribution in [0.15, 0.2) is 18.2 Å². The number of piperidine rings is 3. The summed E-state index contributed by atoms with van der Waals surface area (Å²) in [5.74, 6) is -1.38. The SMILES string of the molecule is CC(C)OCC(=O)N1C[C@H](c2cccc(F)c2F)[C@@H]2[C@H]1C1CCN2CC1. The van der Waals surface area contributed by atoms with Crippen molar-refractivity contribution >= 4 is 5.91 Å². The van der Waals surface area contributed by atoms with Crippen LogP contribution in [0.2, 0.25) is 0 Å². The van der Waals surface area contributed by atoms with Crippen LogP contribution in [0.1, 0.15) is 38.2 Å². The molecule has 2 bridgehead atoms. The molecular formula is C20H26F2N2O2. The normalized spacial score (nSPS) is 33.0. The number of likely N-dealkylation sites (tertiary alicyclic amines) is 1. The maximum atomic E-state index is 14.5. The summed E-state index contributed by atoms with van der Waals surface area (Å²) in [6.07, 6.45) is 2.11. The minimum absolute atomic E-state index is 0.0135. The van der Waals surface area contributed by atoms with E-state index < -0.39 is 11.6 Å². The second-order valence-corrected chi connectivity index (χ2v) is 8.01. The Morgan fingerprint density at radius 1 is 1.23 bits per heavy atom. The number of amides is 1. The molecule has 5 rings (SSSR count). The largest absolute Gasteiger partial charge is 0.369 e. The zero-order valence-corrected chi connectivity index (χ0v) is 15.3. The van der Waals surface area contributed by atoms with Crippen molar-refractivity contribution < 1.29 is 18.3 Å². The average molecular weight is 364 g/mol. The molecule has 0 radical (unpaired) electrons. The minimum Gasteiger partial charge on any atom is -0.369 e.